The van der Waals surface area contributed by atoms with Gasteiger partial charge in [-0.3, -0.25) is 4.90 Å². The molecule has 0 atom stereocenters. The summed E-state index contributed by atoms with van der Waals surface area (Å²) in [4.78, 5) is 2.48. The van der Waals surface area contributed by atoms with Gasteiger partial charge in [0.2, 0.25) is 0 Å². The van der Waals surface area contributed by atoms with Gasteiger partial charge in [0.25, 0.3) is 0 Å². The normalized spacial score (nSPS) is 23.2. The Labute approximate surface area is 95.8 Å². The van der Waals surface area contributed by atoms with Crippen molar-refractivity contribution < 1.29 is 0 Å². The van der Waals surface area contributed by atoms with Gasteiger partial charge in [0, 0.05) is 19.1 Å². The maximum atomic E-state index is 4.25. The lowest BCUT2D eigenvalue weighted by atomic mass is 10.4. The molecule has 1 aliphatic carbocycles. The Bertz CT molecular complexity index is 336. The predicted octanol–water partition coefficient (Wildman–Crippen LogP) is 0.408. The molecule has 2 heterocycles. The molecule has 0 spiro atoms. The largest absolute Gasteiger partial charge is 0.315 e. The van der Waals surface area contributed by atoms with E-state index in [9.17, 15) is 0 Å². The Balaban J connectivity index is 1.65. The zero-order valence-corrected chi connectivity index (χ0v) is 9.60. The number of aromatic nitrogens is 3. The molecule has 0 aromatic carbocycles. The molecule has 0 bridgehead atoms. The summed E-state index contributed by atoms with van der Waals surface area (Å²) in [5, 5.41) is 11.7. The quantitative estimate of drug-likeness (QED) is 0.803. The van der Waals surface area contributed by atoms with Crippen molar-refractivity contribution in [1.29, 1.82) is 0 Å². The molecule has 2 aliphatic rings. The smallest absolute Gasteiger partial charge is 0.147 e. The molecule has 16 heavy (non-hydrogen) atoms. The minimum atomic E-state index is 0.690. The van der Waals surface area contributed by atoms with Crippen LogP contribution in [0.1, 0.15) is 31.1 Å². The molecule has 5 nitrogen and oxygen atoms in total. The van der Waals surface area contributed by atoms with E-state index in [1.807, 2.05) is 6.33 Å². The van der Waals surface area contributed by atoms with Gasteiger partial charge in [0.15, 0.2) is 0 Å². The maximum Gasteiger partial charge on any atom is 0.147 e. The molecule has 3 rings (SSSR count). The Morgan fingerprint density at radius 3 is 3.12 bits per heavy atom. The third kappa shape index (κ3) is 2.25. The van der Waals surface area contributed by atoms with Crippen molar-refractivity contribution in [3.05, 3.63) is 12.2 Å². The molecule has 88 valence electrons. The van der Waals surface area contributed by atoms with E-state index in [1.54, 1.807) is 0 Å². The summed E-state index contributed by atoms with van der Waals surface area (Å²) in [6, 6.07) is 0.690. The first-order chi connectivity index (χ1) is 7.93. The Morgan fingerprint density at radius 2 is 2.25 bits per heavy atom. The van der Waals surface area contributed by atoms with Crippen LogP contribution < -0.4 is 5.32 Å². The third-order valence-electron chi connectivity index (χ3n) is 3.39. The molecule has 1 saturated carbocycles. The molecular formula is C11H19N5. The van der Waals surface area contributed by atoms with Crippen molar-refractivity contribution in [3.63, 3.8) is 0 Å². The number of hydrogen-bond acceptors (Lipinski definition) is 4. The summed E-state index contributed by atoms with van der Waals surface area (Å²) < 4.78 is 2.26. The molecule has 1 aliphatic heterocycles. The zero-order valence-electron chi connectivity index (χ0n) is 9.60. The first-order valence-corrected chi connectivity index (χ1v) is 6.25. The molecular weight excluding hydrogens is 202 g/mol. The number of nitrogens with zero attached hydrogens (tertiary/aromatic N) is 4. The van der Waals surface area contributed by atoms with Crippen LogP contribution in [0.4, 0.5) is 0 Å². The van der Waals surface area contributed by atoms with Crippen LogP contribution >= 0.6 is 0 Å². The monoisotopic (exact) mass is 221 g/mol. The average molecular weight is 221 g/mol. The highest BCUT2D eigenvalue weighted by atomic mass is 15.3. The van der Waals surface area contributed by atoms with Crippen LogP contribution in [0.5, 0.6) is 0 Å². The summed E-state index contributed by atoms with van der Waals surface area (Å²) in [6.07, 6.45) is 5.72. The fourth-order valence-electron chi connectivity index (χ4n) is 2.30. The standard InChI is InChI=1S/C11H19N5/c1-4-12-5-7-15(6-1)8-11-14-13-9-16(11)10-2-3-10/h9-10,12H,1-8H2. The maximum absolute atomic E-state index is 4.25. The summed E-state index contributed by atoms with van der Waals surface area (Å²) in [5.74, 6) is 1.14. The lowest BCUT2D eigenvalue weighted by Crippen LogP contribution is -2.28. The average Bonchev–Trinajstić information content (AvgIpc) is 3.07. The van der Waals surface area contributed by atoms with Crippen molar-refractivity contribution in [2.75, 3.05) is 26.2 Å². The molecule has 1 N–H and O–H groups in total. The van der Waals surface area contributed by atoms with E-state index in [0.29, 0.717) is 6.04 Å². The number of rotatable bonds is 3. The first-order valence-electron chi connectivity index (χ1n) is 6.25. The highest BCUT2D eigenvalue weighted by molar-refractivity contribution is 4.95. The summed E-state index contributed by atoms with van der Waals surface area (Å²) in [6.45, 7) is 5.49. The molecule has 0 unspecified atom stereocenters. The Hall–Kier alpha value is -0.940. The van der Waals surface area contributed by atoms with Gasteiger partial charge in [-0.1, -0.05) is 0 Å². The second-order valence-electron chi connectivity index (χ2n) is 4.77. The van der Waals surface area contributed by atoms with Crippen molar-refractivity contribution in [3.8, 4) is 0 Å². The molecule has 5 heteroatoms. The minimum Gasteiger partial charge on any atom is -0.315 e. The lowest BCUT2D eigenvalue weighted by molar-refractivity contribution is 0.272. The van der Waals surface area contributed by atoms with Gasteiger partial charge in [-0.2, -0.15) is 0 Å². The van der Waals surface area contributed by atoms with Gasteiger partial charge in [-0.15, -0.1) is 10.2 Å². The summed E-state index contributed by atoms with van der Waals surface area (Å²) in [7, 11) is 0. The molecule has 0 amide bonds. The van der Waals surface area contributed by atoms with Crippen LogP contribution in [0.25, 0.3) is 0 Å². The van der Waals surface area contributed by atoms with E-state index in [4.69, 9.17) is 0 Å². The van der Waals surface area contributed by atoms with Gasteiger partial charge in [0.1, 0.15) is 12.2 Å². The summed E-state index contributed by atoms with van der Waals surface area (Å²) in [5.41, 5.74) is 0. The van der Waals surface area contributed by atoms with Crippen LogP contribution in [0.15, 0.2) is 6.33 Å². The number of hydrogen-bond donors (Lipinski definition) is 1. The van der Waals surface area contributed by atoms with Crippen LogP contribution in [0.3, 0.4) is 0 Å². The first kappa shape index (κ1) is 10.2. The lowest BCUT2D eigenvalue weighted by Gasteiger charge is -2.18. The van der Waals surface area contributed by atoms with Crippen LogP contribution in [0.2, 0.25) is 0 Å². The Kier molecular flexibility index (Phi) is 2.88. The van der Waals surface area contributed by atoms with Crippen LogP contribution in [-0.2, 0) is 6.54 Å². The van der Waals surface area contributed by atoms with Crippen LogP contribution in [-0.4, -0.2) is 45.8 Å². The van der Waals surface area contributed by atoms with E-state index in [0.717, 1.165) is 32.0 Å². The van der Waals surface area contributed by atoms with Crippen molar-refractivity contribution >= 4 is 0 Å². The van der Waals surface area contributed by atoms with E-state index in [1.165, 1.54) is 25.8 Å². The molecule has 2 fully saturated rings. The topological polar surface area (TPSA) is 46.0 Å². The number of nitrogens with one attached hydrogen (secondary N) is 1. The minimum absolute atomic E-state index is 0.690. The highest BCUT2D eigenvalue weighted by Crippen LogP contribution is 2.35. The van der Waals surface area contributed by atoms with Crippen molar-refractivity contribution in [2.24, 2.45) is 0 Å². The van der Waals surface area contributed by atoms with Gasteiger partial charge < -0.3 is 9.88 Å². The third-order valence-corrected chi connectivity index (χ3v) is 3.39. The van der Waals surface area contributed by atoms with Gasteiger partial charge in [0.05, 0.1) is 6.54 Å². The molecule has 1 aromatic rings. The summed E-state index contributed by atoms with van der Waals surface area (Å²) >= 11 is 0. The molecule has 0 radical (unpaired) electrons. The second-order valence-corrected chi connectivity index (χ2v) is 4.77. The van der Waals surface area contributed by atoms with E-state index >= 15 is 0 Å². The van der Waals surface area contributed by atoms with E-state index < -0.39 is 0 Å². The van der Waals surface area contributed by atoms with Gasteiger partial charge >= 0.3 is 0 Å². The van der Waals surface area contributed by atoms with Gasteiger partial charge in [-0.25, -0.2) is 0 Å². The predicted molar refractivity (Wildman–Crippen MR) is 61.1 cm³/mol. The van der Waals surface area contributed by atoms with E-state index in [2.05, 4.69) is 25.0 Å². The Morgan fingerprint density at radius 1 is 1.31 bits per heavy atom. The molecule has 1 saturated heterocycles. The fourth-order valence-corrected chi connectivity index (χ4v) is 2.30. The van der Waals surface area contributed by atoms with Crippen molar-refractivity contribution in [2.45, 2.75) is 31.8 Å². The molecule has 1 aromatic heterocycles. The van der Waals surface area contributed by atoms with E-state index in [-0.39, 0.29) is 0 Å². The highest BCUT2D eigenvalue weighted by Gasteiger charge is 2.26. The van der Waals surface area contributed by atoms with Crippen molar-refractivity contribution in [1.82, 2.24) is 25.0 Å². The SMILES string of the molecule is c1nnc(CN2CCCNCC2)n1C1CC1. The second kappa shape index (κ2) is 4.51. The van der Waals surface area contributed by atoms with Gasteiger partial charge in [-0.05, 0) is 32.4 Å². The zero-order chi connectivity index (χ0) is 10.8. The fraction of sp³-hybridized carbons (Fsp3) is 0.818. The van der Waals surface area contributed by atoms with Crippen LogP contribution in [0, 0.1) is 0 Å².